The van der Waals surface area contributed by atoms with Crippen LogP contribution in [0.1, 0.15) is 44.2 Å². The molecule has 0 saturated heterocycles. The van der Waals surface area contributed by atoms with E-state index in [-0.39, 0.29) is 11.6 Å². The maximum absolute atomic E-state index is 13.2. The molecule has 86 valence electrons. The average molecular weight is 218 g/mol. The Morgan fingerprint density at radius 3 is 2.56 bits per heavy atom. The molecule has 0 N–H and O–H groups in total. The Hall–Kier alpha value is -0.785. The Morgan fingerprint density at radius 2 is 1.94 bits per heavy atom. The van der Waals surface area contributed by atoms with Crippen LogP contribution in [-0.4, -0.2) is 7.85 Å². The Bertz CT molecular complexity index is 323. The predicted molar refractivity (Wildman–Crippen MR) is 68.5 cm³/mol. The molecule has 0 aliphatic carbocycles. The lowest BCUT2D eigenvalue weighted by atomic mass is 9.80. The largest absolute Gasteiger partial charge is 0.207 e. The highest BCUT2D eigenvalue weighted by Gasteiger charge is 2.05. The van der Waals surface area contributed by atoms with Crippen molar-refractivity contribution in [3.8, 4) is 0 Å². The van der Waals surface area contributed by atoms with Crippen LogP contribution in [0.15, 0.2) is 18.2 Å². The molecular formula is C14H20BF. The van der Waals surface area contributed by atoms with Crippen molar-refractivity contribution in [2.75, 3.05) is 0 Å². The van der Waals surface area contributed by atoms with Gasteiger partial charge in [0.15, 0.2) is 0 Å². The summed E-state index contributed by atoms with van der Waals surface area (Å²) in [7, 11) is 5.89. The Morgan fingerprint density at radius 1 is 1.19 bits per heavy atom. The van der Waals surface area contributed by atoms with Crippen molar-refractivity contribution in [2.24, 2.45) is 0 Å². The first kappa shape index (κ1) is 13.3. The number of hydrogen-bond donors (Lipinski definition) is 0. The molecule has 1 rings (SSSR count). The third-order valence-electron chi connectivity index (χ3n) is 3.00. The number of rotatable bonds is 6. The highest BCUT2D eigenvalue weighted by atomic mass is 19.1. The van der Waals surface area contributed by atoms with Gasteiger partial charge in [0.05, 0.1) is 7.85 Å². The lowest BCUT2D eigenvalue weighted by Gasteiger charge is -2.12. The number of hydrogen-bond acceptors (Lipinski definition) is 0. The van der Waals surface area contributed by atoms with Gasteiger partial charge in [0, 0.05) is 0 Å². The zero-order valence-corrected chi connectivity index (χ0v) is 10.3. The van der Waals surface area contributed by atoms with E-state index in [1.54, 1.807) is 12.1 Å². The second kappa shape index (κ2) is 6.72. The van der Waals surface area contributed by atoms with Gasteiger partial charge < -0.3 is 0 Å². The average Bonchev–Trinajstić information content (AvgIpc) is 2.29. The van der Waals surface area contributed by atoms with Crippen molar-refractivity contribution < 1.29 is 4.39 Å². The second-order valence-electron chi connectivity index (χ2n) is 4.37. The lowest BCUT2D eigenvalue weighted by Crippen LogP contribution is -1.99. The minimum absolute atomic E-state index is 0.139. The molecule has 0 amide bonds. The van der Waals surface area contributed by atoms with E-state index < -0.39 is 0 Å². The van der Waals surface area contributed by atoms with E-state index in [1.807, 2.05) is 6.07 Å². The third-order valence-corrected chi connectivity index (χ3v) is 3.00. The molecule has 0 aromatic heterocycles. The van der Waals surface area contributed by atoms with Crippen LogP contribution in [-0.2, 0) is 12.8 Å². The second-order valence-corrected chi connectivity index (χ2v) is 4.37. The molecule has 1 aromatic carbocycles. The summed E-state index contributed by atoms with van der Waals surface area (Å²) in [5, 5.41) is 0. The van der Waals surface area contributed by atoms with Gasteiger partial charge in [0.1, 0.15) is 5.82 Å². The molecule has 0 bridgehead atoms. The molecule has 0 saturated carbocycles. The van der Waals surface area contributed by atoms with Crippen LogP contribution in [0.2, 0.25) is 5.82 Å². The van der Waals surface area contributed by atoms with Gasteiger partial charge in [-0.1, -0.05) is 45.0 Å². The zero-order valence-electron chi connectivity index (χ0n) is 10.3. The summed E-state index contributed by atoms with van der Waals surface area (Å²) in [4.78, 5) is 0. The van der Waals surface area contributed by atoms with Gasteiger partial charge in [0.25, 0.3) is 0 Å². The van der Waals surface area contributed by atoms with E-state index in [2.05, 4.69) is 13.8 Å². The molecular weight excluding hydrogens is 198 g/mol. The van der Waals surface area contributed by atoms with Crippen LogP contribution in [0.4, 0.5) is 4.39 Å². The van der Waals surface area contributed by atoms with E-state index in [4.69, 9.17) is 7.85 Å². The van der Waals surface area contributed by atoms with E-state index in [1.165, 1.54) is 5.56 Å². The van der Waals surface area contributed by atoms with Gasteiger partial charge in [-0.2, -0.15) is 0 Å². The van der Waals surface area contributed by atoms with Crippen molar-refractivity contribution in [1.29, 1.82) is 0 Å². The predicted octanol–water partition coefficient (Wildman–Crippen LogP) is 4.08. The third kappa shape index (κ3) is 4.00. The summed E-state index contributed by atoms with van der Waals surface area (Å²) < 4.78 is 13.2. The first-order valence-electron chi connectivity index (χ1n) is 6.20. The van der Waals surface area contributed by atoms with Crippen molar-refractivity contribution in [1.82, 2.24) is 0 Å². The van der Waals surface area contributed by atoms with E-state index in [9.17, 15) is 4.39 Å². The Labute approximate surface area is 99.7 Å². The summed E-state index contributed by atoms with van der Waals surface area (Å²) in [5.74, 6) is 0.0951. The van der Waals surface area contributed by atoms with Gasteiger partial charge >= 0.3 is 0 Å². The lowest BCUT2D eigenvalue weighted by molar-refractivity contribution is 0.621. The highest BCUT2D eigenvalue weighted by Crippen LogP contribution is 2.19. The van der Waals surface area contributed by atoms with Crippen molar-refractivity contribution in [3.63, 3.8) is 0 Å². The van der Waals surface area contributed by atoms with Gasteiger partial charge in [-0.15, -0.1) is 0 Å². The van der Waals surface area contributed by atoms with Gasteiger partial charge in [-0.3, -0.25) is 0 Å². The highest BCUT2D eigenvalue weighted by molar-refractivity contribution is 6.11. The first-order valence-corrected chi connectivity index (χ1v) is 6.20. The molecule has 0 spiro atoms. The summed E-state index contributed by atoms with van der Waals surface area (Å²) in [6.45, 7) is 4.23. The molecule has 0 aliphatic heterocycles. The molecule has 0 nitrogen and oxygen atoms in total. The first-order chi connectivity index (χ1) is 7.67. The van der Waals surface area contributed by atoms with Gasteiger partial charge in [0.2, 0.25) is 0 Å². The molecule has 2 radical (unpaired) electrons. The van der Waals surface area contributed by atoms with E-state index in [0.717, 1.165) is 37.7 Å². The molecule has 1 aromatic rings. The van der Waals surface area contributed by atoms with Gasteiger partial charge in [-0.25, -0.2) is 4.39 Å². The fraction of sp³-hybridized carbons (Fsp3) is 0.571. The number of halogens is 1. The van der Waals surface area contributed by atoms with Crippen LogP contribution in [0.3, 0.4) is 0 Å². The summed E-state index contributed by atoms with van der Waals surface area (Å²) in [6.07, 6.45) is 4.94. The quantitative estimate of drug-likeness (QED) is 0.631. The molecule has 0 heterocycles. The maximum Gasteiger partial charge on any atom is 0.123 e. The van der Waals surface area contributed by atoms with Crippen molar-refractivity contribution >= 4 is 7.85 Å². The maximum atomic E-state index is 13.2. The van der Waals surface area contributed by atoms with Crippen molar-refractivity contribution in [2.45, 2.75) is 51.8 Å². The normalized spacial score (nSPS) is 12.7. The zero-order chi connectivity index (χ0) is 12.0. The summed E-state index contributed by atoms with van der Waals surface area (Å²) in [5.41, 5.74) is 2.40. The molecule has 16 heavy (non-hydrogen) atoms. The van der Waals surface area contributed by atoms with Gasteiger partial charge in [-0.05, 0) is 36.1 Å². The topological polar surface area (TPSA) is 0 Å². The molecule has 1 unspecified atom stereocenters. The van der Waals surface area contributed by atoms with Crippen LogP contribution >= 0.6 is 0 Å². The van der Waals surface area contributed by atoms with Crippen LogP contribution in [0, 0.1) is 5.82 Å². The Balaban J connectivity index is 2.71. The Kier molecular flexibility index (Phi) is 5.58. The SMILES string of the molecule is [B]C(CC)CCc1cc(F)ccc1CCC. The standard InChI is InChI=1S/C14H20BF/c1-3-5-11-7-9-14(16)10-12(11)6-8-13(15)4-2/h7,9-10,13H,3-6,8H2,1-2H3. The fourth-order valence-electron chi connectivity index (χ4n) is 1.89. The van der Waals surface area contributed by atoms with Crippen molar-refractivity contribution in [3.05, 3.63) is 35.1 Å². The molecule has 1 atom stereocenters. The smallest absolute Gasteiger partial charge is 0.123 e. The van der Waals surface area contributed by atoms with E-state index >= 15 is 0 Å². The number of benzene rings is 1. The van der Waals surface area contributed by atoms with E-state index in [0.29, 0.717) is 0 Å². The van der Waals surface area contributed by atoms with Crippen LogP contribution in [0.5, 0.6) is 0 Å². The van der Waals surface area contributed by atoms with Crippen LogP contribution < -0.4 is 0 Å². The molecule has 0 aliphatic rings. The minimum atomic E-state index is -0.139. The molecule has 2 heteroatoms. The monoisotopic (exact) mass is 218 g/mol. The van der Waals surface area contributed by atoms with Crippen LogP contribution in [0.25, 0.3) is 0 Å². The number of aryl methyl sites for hydroxylation is 2. The molecule has 0 fully saturated rings. The minimum Gasteiger partial charge on any atom is -0.207 e. The summed E-state index contributed by atoms with van der Waals surface area (Å²) >= 11 is 0. The summed E-state index contributed by atoms with van der Waals surface area (Å²) in [6, 6.07) is 5.12. The fourth-order valence-corrected chi connectivity index (χ4v) is 1.89.